The Hall–Kier alpha value is -0.740. The molecule has 0 aliphatic carbocycles. The lowest BCUT2D eigenvalue weighted by atomic mass is 9.99. The van der Waals surface area contributed by atoms with Crippen LogP contribution < -0.4 is 0 Å². The van der Waals surface area contributed by atoms with E-state index in [-0.39, 0.29) is 5.92 Å². The molecular formula is C11H18O. The molecule has 0 fully saturated rings. The summed E-state index contributed by atoms with van der Waals surface area (Å²) in [5.74, 6) is 2.54. The predicted molar refractivity (Wildman–Crippen MR) is 52.7 cm³/mol. The Kier molecular flexibility index (Phi) is 5.49. The second-order valence-corrected chi connectivity index (χ2v) is 3.45. The summed E-state index contributed by atoms with van der Waals surface area (Å²) in [4.78, 5) is 0. The Balaban J connectivity index is 3.66. The van der Waals surface area contributed by atoms with Crippen molar-refractivity contribution in [2.45, 2.75) is 39.7 Å². The molecule has 0 saturated carbocycles. The molecule has 1 heteroatoms. The first-order valence-corrected chi connectivity index (χ1v) is 4.35. The zero-order valence-corrected chi connectivity index (χ0v) is 8.17. The summed E-state index contributed by atoms with van der Waals surface area (Å²) in [5.41, 5.74) is 1.32. The fourth-order valence-corrected chi connectivity index (χ4v) is 0.957. The van der Waals surface area contributed by atoms with Crippen LogP contribution >= 0.6 is 0 Å². The first-order chi connectivity index (χ1) is 5.57. The van der Waals surface area contributed by atoms with Crippen molar-refractivity contribution in [1.82, 2.24) is 0 Å². The minimum Gasteiger partial charge on any atom is -0.380 e. The highest BCUT2D eigenvalue weighted by molar-refractivity contribution is 4.97. The largest absolute Gasteiger partial charge is 0.380 e. The van der Waals surface area contributed by atoms with Gasteiger partial charge in [0, 0.05) is 0 Å². The number of allylic oxidation sites excluding steroid dienone is 2. The topological polar surface area (TPSA) is 20.2 Å². The number of hydrogen-bond acceptors (Lipinski definition) is 1. The SMILES string of the molecule is C#CC(O)C(C)CCC=C(C)C. The fourth-order valence-electron chi connectivity index (χ4n) is 0.957. The van der Waals surface area contributed by atoms with Crippen LogP contribution in [-0.2, 0) is 0 Å². The van der Waals surface area contributed by atoms with Gasteiger partial charge in [-0.25, -0.2) is 0 Å². The van der Waals surface area contributed by atoms with Crippen molar-refractivity contribution in [1.29, 1.82) is 0 Å². The van der Waals surface area contributed by atoms with E-state index in [1.165, 1.54) is 5.57 Å². The summed E-state index contributed by atoms with van der Waals surface area (Å²) in [7, 11) is 0. The molecule has 0 aromatic rings. The smallest absolute Gasteiger partial charge is 0.117 e. The molecule has 0 radical (unpaired) electrons. The molecule has 0 heterocycles. The minimum absolute atomic E-state index is 0.200. The van der Waals surface area contributed by atoms with Crippen molar-refractivity contribution in [3.63, 3.8) is 0 Å². The third kappa shape index (κ3) is 4.98. The third-order valence-electron chi connectivity index (χ3n) is 1.88. The van der Waals surface area contributed by atoms with Crippen LogP contribution in [0.15, 0.2) is 11.6 Å². The highest BCUT2D eigenvalue weighted by Gasteiger charge is 2.09. The van der Waals surface area contributed by atoms with E-state index in [4.69, 9.17) is 6.42 Å². The molecule has 1 nitrogen and oxygen atoms in total. The highest BCUT2D eigenvalue weighted by atomic mass is 16.3. The first kappa shape index (κ1) is 11.3. The van der Waals surface area contributed by atoms with Gasteiger partial charge in [-0.3, -0.25) is 0 Å². The van der Waals surface area contributed by atoms with Gasteiger partial charge in [0.25, 0.3) is 0 Å². The second-order valence-electron chi connectivity index (χ2n) is 3.45. The second kappa shape index (κ2) is 5.85. The van der Waals surface area contributed by atoms with Crippen molar-refractivity contribution in [3.8, 4) is 12.3 Å². The van der Waals surface area contributed by atoms with Crippen molar-refractivity contribution < 1.29 is 5.11 Å². The maximum Gasteiger partial charge on any atom is 0.117 e. The molecule has 2 atom stereocenters. The van der Waals surface area contributed by atoms with Gasteiger partial charge in [-0.15, -0.1) is 6.42 Å². The van der Waals surface area contributed by atoms with E-state index in [1.807, 2.05) is 6.92 Å². The van der Waals surface area contributed by atoms with Crippen LogP contribution in [0.25, 0.3) is 0 Å². The van der Waals surface area contributed by atoms with E-state index >= 15 is 0 Å². The van der Waals surface area contributed by atoms with E-state index < -0.39 is 6.10 Å². The van der Waals surface area contributed by atoms with Crippen LogP contribution in [0.4, 0.5) is 0 Å². The number of aliphatic hydroxyl groups excluding tert-OH is 1. The number of terminal acetylenes is 1. The van der Waals surface area contributed by atoms with Crippen LogP contribution in [0.1, 0.15) is 33.6 Å². The molecule has 0 aliphatic heterocycles. The summed E-state index contributed by atoms with van der Waals surface area (Å²) >= 11 is 0. The summed E-state index contributed by atoms with van der Waals surface area (Å²) in [6.07, 6.45) is 8.63. The van der Waals surface area contributed by atoms with Crippen LogP contribution in [0.2, 0.25) is 0 Å². The average molecular weight is 166 g/mol. The lowest BCUT2D eigenvalue weighted by molar-refractivity contribution is 0.166. The molecule has 0 aliphatic rings. The van der Waals surface area contributed by atoms with Gasteiger partial charge >= 0.3 is 0 Å². The summed E-state index contributed by atoms with van der Waals surface area (Å²) < 4.78 is 0. The molecule has 68 valence electrons. The number of hydrogen-bond donors (Lipinski definition) is 1. The van der Waals surface area contributed by atoms with Gasteiger partial charge in [-0.2, -0.15) is 0 Å². The van der Waals surface area contributed by atoms with Gasteiger partial charge in [-0.05, 0) is 32.6 Å². The van der Waals surface area contributed by atoms with Crippen LogP contribution in [0.3, 0.4) is 0 Å². The van der Waals surface area contributed by atoms with Gasteiger partial charge in [0.15, 0.2) is 0 Å². The standard InChI is InChI=1S/C11H18O/c1-5-11(12)10(4)8-6-7-9(2)3/h1,7,10-12H,6,8H2,2-4H3. The maximum atomic E-state index is 9.23. The van der Waals surface area contributed by atoms with Crippen molar-refractivity contribution in [2.24, 2.45) is 5.92 Å². The van der Waals surface area contributed by atoms with E-state index in [2.05, 4.69) is 25.8 Å². The van der Waals surface area contributed by atoms with E-state index in [1.54, 1.807) is 0 Å². The molecule has 0 spiro atoms. The van der Waals surface area contributed by atoms with Gasteiger partial charge in [0.05, 0.1) is 0 Å². The normalized spacial score (nSPS) is 14.6. The van der Waals surface area contributed by atoms with E-state index in [9.17, 15) is 5.11 Å². The Labute approximate surface area is 75.5 Å². The maximum absolute atomic E-state index is 9.23. The van der Waals surface area contributed by atoms with E-state index in [0.717, 1.165) is 12.8 Å². The number of aliphatic hydroxyl groups is 1. The Morgan fingerprint density at radius 2 is 2.17 bits per heavy atom. The highest BCUT2D eigenvalue weighted by Crippen LogP contribution is 2.11. The summed E-state index contributed by atoms with van der Waals surface area (Å²) in [6.45, 7) is 6.12. The monoisotopic (exact) mass is 166 g/mol. The molecule has 0 bridgehead atoms. The Morgan fingerprint density at radius 1 is 1.58 bits per heavy atom. The average Bonchev–Trinajstić information content (AvgIpc) is 2.02. The zero-order chi connectivity index (χ0) is 9.56. The van der Waals surface area contributed by atoms with Gasteiger partial charge in [-0.1, -0.05) is 24.5 Å². The quantitative estimate of drug-likeness (QED) is 0.502. The molecule has 0 aromatic carbocycles. The molecule has 1 N–H and O–H groups in total. The molecule has 0 saturated heterocycles. The Morgan fingerprint density at radius 3 is 2.58 bits per heavy atom. The van der Waals surface area contributed by atoms with Crippen molar-refractivity contribution >= 4 is 0 Å². The summed E-state index contributed by atoms with van der Waals surface area (Å²) in [6, 6.07) is 0. The zero-order valence-electron chi connectivity index (χ0n) is 8.17. The summed E-state index contributed by atoms with van der Waals surface area (Å²) in [5, 5.41) is 9.23. The first-order valence-electron chi connectivity index (χ1n) is 4.35. The molecule has 0 rings (SSSR count). The van der Waals surface area contributed by atoms with Crippen LogP contribution in [0.5, 0.6) is 0 Å². The Bertz CT molecular complexity index is 182. The lowest BCUT2D eigenvalue weighted by Crippen LogP contribution is -2.14. The van der Waals surface area contributed by atoms with Crippen molar-refractivity contribution in [2.75, 3.05) is 0 Å². The van der Waals surface area contributed by atoms with Gasteiger partial charge in [0.1, 0.15) is 6.10 Å². The van der Waals surface area contributed by atoms with Gasteiger partial charge in [0.2, 0.25) is 0 Å². The van der Waals surface area contributed by atoms with Crippen LogP contribution in [-0.4, -0.2) is 11.2 Å². The molecular weight excluding hydrogens is 148 g/mol. The van der Waals surface area contributed by atoms with Crippen molar-refractivity contribution in [3.05, 3.63) is 11.6 Å². The van der Waals surface area contributed by atoms with Gasteiger partial charge < -0.3 is 5.11 Å². The fraction of sp³-hybridized carbons (Fsp3) is 0.636. The number of rotatable bonds is 4. The van der Waals surface area contributed by atoms with E-state index in [0.29, 0.717) is 0 Å². The minimum atomic E-state index is -0.587. The molecule has 0 aromatic heterocycles. The molecule has 0 amide bonds. The predicted octanol–water partition coefficient (Wildman–Crippen LogP) is 2.36. The van der Waals surface area contributed by atoms with Crippen LogP contribution in [0, 0.1) is 18.3 Å². The lowest BCUT2D eigenvalue weighted by Gasteiger charge is -2.11. The third-order valence-corrected chi connectivity index (χ3v) is 1.88. The molecule has 2 unspecified atom stereocenters. The molecule has 12 heavy (non-hydrogen) atoms.